The molecule has 0 fully saturated rings. The van der Waals surface area contributed by atoms with Crippen molar-refractivity contribution >= 4 is 9.24 Å². The van der Waals surface area contributed by atoms with Crippen LogP contribution in [0.2, 0.25) is 0 Å². The lowest BCUT2D eigenvalue weighted by atomic mass is 10.4. The van der Waals surface area contributed by atoms with E-state index in [1.165, 1.54) is 9.24 Å². The number of alkyl halides is 2. The van der Waals surface area contributed by atoms with Crippen LogP contribution in [0.4, 0.5) is 8.78 Å². The largest absolute Gasteiger partial charge is 0.375 e. The van der Waals surface area contributed by atoms with E-state index >= 15 is 0 Å². The molecule has 0 aromatic rings. The van der Waals surface area contributed by atoms with Gasteiger partial charge in [-0.1, -0.05) is 9.24 Å². The van der Waals surface area contributed by atoms with Gasteiger partial charge in [-0.3, -0.25) is 0 Å². The van der Waals surface area contributed by atoms with E-state index in [0.717, 1.165) is 26.1 Å². The molecule has 0 aliphatic rings. The number of halogens is 2. The standard InChI is InChI=1S/C9H21F2N2OP/c1-12-4-6-13(2)5-3-7-14-8-9(10,11)15/h12H,3-8,15H2,1-2H3. The fourth-order valence-corrected chi connectivity index (χ4v) is 1.18. The number of nitrogens with zero attached hydrogens (tertiary/aromatic N) is 1. The molecule has 0 rings (SSSR count). The van der Waals surface area contributed by atoms with Gasteiger partial charge in [-0.2, -0.15) is 8.78 Å². The lowest BCUT2D eigenvalue weighted by Gasteiger charge is -2.16. The van der Waals surface area contributed by atoms with Crippen LogP contribution in [0.1, 0.15) is 6.42 Å². The molecule has 92 valence electrons. The molecule has 1 atom stereocenters. The maximum atomic E-state index is 12.3. The van der Waals surface area contributed by atoms with Crippen molar-refractivity contribution in [2.24, 2.45) is 0 Å². The fourth-order valence-electron chi connectivity index (χ4n) is 1.06. The summed E-state index contributed by atoms with van der Waals surface area (Å²) in [4.78, 5) is 2.14. The average molecular weight is 242 g/mol. The second kappa shape index (κ2) is 8.34. The van der Waals surface area contributed by atoms with Crippen molar-refractivity contribution in [2.45, 2.75) is 12.1 Å². The van der Waals surface area contributed by atoms with Gasteiger partial charge in [-0.15, -0.1) is 0 Å². The molecule has 0 radical (unpaired) electrons. The van der Waals surface area contributed by atoms with E-state index in [-0.39, 0.29) is 0 Å². The molecule has 0 saturated heterocycles. The predicted octanol–water partition coefficient (Wildman–Crippen LogP) is 1.01. The van der Waals surface area contributed by atoms with Crippen LogP contribution < -0.4 is 5.32 Å². The summed E-state index contributed by atoms with van der Waals surface area (Å²) >= 11 is 0. The minimum Gasteiger partial charge on any atom is -0.375 e. The molecule has 0 aromatic carbocycles. The van der Waals surface area contributed by atoms with Gasteiger partial charge < -0.3 is 15.0 Å². The Morgan fingerprint density at radius 3 is 2.60 bits per heavy atom. The van der Waals surface area contributed by atoms with Gasteiger partial charge in [0.15, 0.2) is 0 Å². The number of hydrogen-bond donors (Lipinski definition) is 1. The lowest BCUT2D eigenvalue weighted by Crippen LogP contribution is -2.29. The van der Waals surface area contributed by atoms with Crippen LogP contribution in [-0.4, -0.2) is 57.5 Å². The smallest absolute Gasteiger partial charge is 0.281 e. The average Bonchev–Trinajstić information content (AvgIpc) is 2.12. The van der Waals surface area contributed by atoms with Gasteiger partial charge >= 0.3 is 0 Å². The quantitative estimate of drug-likeness (QED) is 0.482. The van der Waals surface area contributed by atoms with Crippen molar-refractivity contribution in [3.63, 3.8) is 0 Å². The molecule has 1 unspecified atom stereocenters. The van der Waals surface area contributed by atoms with Crippen LogP contribution in [0, 0.1) is 0 Å². The summed E-state index contributed by atoms with van der Waals surface area (Å²) in [5.41, 5.74) is -2.79. The second-order valence-corrected chi connectivity index (χ2v) is 4.42. The Hall–Kier alpha value is 0.170. The third-order valence-electron chi connectivity index (χ3n) is 1.87. The van der Waals surface area contributed by atoms with Gasteiger partial charge in [0.1, 0.15) is 6.61 Å². The van der Waals surface area contributed by atoms with Crippen LogP contribution >= 0.6 is 9.24 Å². The zero-order valence-corrected chi connectivity index (χ0v) is 10.6. The zero-order chi connectivity index (χ0) is 11.7. The molecule has 15 heavy (non-hydrogen) atoms. The van der Waals surface area contributed by atoms with E-state index in [4.69, 9.17) is 4.74 Å². The summed E-state index contributed by atoms with van der Waals surface area (Å²) in [6.45, 7) is 2.62. The van der Waals surface area contributed by atoms with Crippen molar-refractivity contribution in [1.29, 1.82) is 0 Å². The van der Waals surface area contributed by atoms with Gasteiger partial charge in [0.05, 0.1) is 0 Å². The van der Waals surface area contributed by atoms with Crippen LogP contribution in [-0.2, 0) is 4.74 Å². The Morgan fingerprint density at radius 1 is 1.40 bits per heavy atom. The van der Waals surface area contributed by atoms with Crippen molar-refractivity contribution in [2.75, 3.05) is 46.9 Å². The molecular formula is C9H21F2N2OP. The van der Waals surface area contributed by atoms with Crippen molar-refractivity contribution in [1.82, 2.24) is 10.2 Å². The maximum absolute atomic E-state index is 12.3. The third-order valence-corrected chi connectivity index (χ3v) is 2.03. The van der Waals surface area contributed by atoms with E-state index in [1.54, 1.807) is 0 Å². The van der Waals surface area contributed by atoms with Crippen molar-refractivity contribution < 1.29 is 13.5 Å². The topological polar surface area (TPSA) is 24.5 Å². The molecule has 0 amide bonds. The molecular weight excluding hydrogens is 221 g/mol. The maximum Gasteiger partial charge on any atom is 0.281 e. The first-order valence-electron chi connectivity index (χ1n) is 5.03. The van der Waals surface area contributed by atoms with E-state index in [0.29, 0.717) is 6.61 Å². The number of hydrogen-bond acceptors (Lipinski definition) is 3. The van der Waals surface area contributed by atoms with Crippen molar-refractivity contribution in [3.05, 3.63) is 0 Å². The molecule has 0 spiro atoms. The Balaban J connectivity index is 3.23. The summed E-state index contributed by atoms with van der Waals surface area (Å²) in [6, 6.07) is 0. The van der Waals surface area contributed by atoms with E-state index in [1.807, 2.05) is 14.1 Å². The second-order valence-electron chi connectivity index (χ2n) is 3.57. The Labute approximate surface area is 92.7 Å². The van der Waals surface area contributed by atoms with Crippen LogP contribution in [0.5, 0.6) is 0 Å². The van der Waals surface area contributed by atoms with E-state index in [9.17, 15) is 8.78 Å². The number of rotatable bonds is 9. The molecule has 6 heteroatoms. The normalized spacial score (nSPS) is 12.4. The molecule has 1 N–H and O–H groups in total. The van der Waals surface area contributed by atoms with Crippen LogP contribution in [0.25, 0.3) is 0 Å². The first kappa shape index (κ1) is 15.2. The Bertz CT molecular complexity index is 156. The van der Waals surface area contributed by atoms with Gasteiger partial charge in [0.25, 0.3) is 5.66 Å². The SMILES string of the molecule is CNCCN(C)CCCOCC(F)(F)P. The highest BCUT2D eigenvalue weighted by molar-refractivity contribution is 7.18. The molecule has 0 aromatic heterocycles. The highest BCUT2D eigenvalue weighted by atomic mass is 31.0. The molecule has 0 aliphatic carbocycles. The monoisotopic (exact) mass is 242 g/mol. The minimum atomic E-state index is -2.79. The molecule has 3 nitrogen and oxygen atoms in total. The molecule has 0 heterocycles. The highest BCUT2D eigenvalue weighted by Crippen LogP contribution is 2.21. The van der Waals surface area contributed by atoms with Gasteiger partial charge in [-0.05, 0) is 20.5 Å². The Kier molecular flexibility index (Phi) is 8.43. The van der Waals surface area contributed by atoms with Gasteiger partial charge in [-0.25, -0.2) is 0 Å². The van der Waals surface area contributed by atoms with Crippen LogP contribution in [0.3, 0.4) is 0 Å². The third kappa shape index (κ3) is 12.1. The minimum absolute atomic E-state index is 0.383. The van der Waals surface area contributed by atoms with Crippen molar-refractivity contribution in [3.8, 4) is 0 Å². The first-order chi connectivity index (χ1) is 6.95. The summed E-state index contributed by atoms with van der Waals surface area (Å²) in [5.74, 6) is 0. The Morgan fingerprint density at radius 2 is 2.07 bits per heavy atom. The number of ether oxygens (including phenoxy) is 1. The predicted molar refractivity (Wildman–Crippen MR) is 61.5 cm³/mol. The molecule has 0 bridgehead atoms. The summed E-state index contributed by atoms with van der Waals surface area (Å²) in [5, 5.41) is 3.05. The summed E-state index contributed by atoms with van der Waals surface area (Å²) in [6.07, 6.45) is 0.779. The first-order valence-corrected chi connectivity index (χ1v) is 5.61. The van der Waals surface area contributed by atoms with E-state index in [2.05, 4.69) is 10.2 Å². The van der Waals surface area contributed by atoms with E-state index < -0.39 is 12.3 Å². The highest BCUT2D eigenvalue weighted by Gasteiger charge is 2.20. The van der Waals surface area contributed by atoms with Crippen LogP contribution in [0.15, 0.2) is 0 Å². The summed E-state index contributed by atoms with van der Waals surface area (Å²) in [7, 11) is 5.37. The number of likely N-dealkylation sites (N-methyl/N-ethyl adjacent to an activating group) is 2. The summed E-state index contributed by atoms with van der Waals surface area (Å²) < 4.78 is 29.4. The van der Waals surface area contributed by atoms with Gasteiger partial charge in [0, 0.05) is 26.2 Å². The molecule has 0 aliphatic heterocycles. The number of nitrogens with one attached hydrogen (secondary N) is 1. The zero-order valence-electron chi connectivity index (χ0n) is 9.43. The van der Waals surface area contributed by atoms with Gasteiger partial charge in [0.2, 0.25) is 0 Å². The lowest BCUT2D eigenvalue weighted by molar-refractivity contribution is -0.0104. The fraction of sp³-hybridized carbons (Fsp3) is 1.00. The molecule has 0 saturated carbocycles.